The number of nitrogens with one attached hydrogen (secondary N) is 1. The van der Waals surface area contributed by atoms with Gasteiger partial charge in [0.2, 0.25) is 5.91 Å². The van der Waals surface area contributed by atoms with Crippen molar-refractivity contribution in [1.29, 1.82) is 0 Å². The van der Waals surface area contributed by atoms with Crippen molar-refractivity contribution < 1.29 is 9.59 Å². The second-order valence-corrected chi connectivity index (χ2v) is 7.79. The maximum Gasteiger partial charge on any atom is 0.254 e. The number of benzene rings is 2. The molecule has 1 fully saturated rings. The number of carbonyl (C=O) groups excluding carboxylic acids is 2. The molecular weight excluding hydrogens is 350 g/mol. The van der Waals surface area contributed by atoms with Crippen LogP contribution in [0.15, 0.2) is 48.5 Å². The van der Waals surface area contributed by atoms with Crippen LogP contribution in [0.25, 0.3) is 0 Å². The molecule has 1 heterocycles. The number of aryl methyl sites for hydroxylation is 1. The van der Waals surface area contributed by atoms with Gasteiger partial charge in [0, 0.05) is 49.5 Å². The summed E-state index contributed by atoms with van der Waals surface area (Å²) in [5, 5.41) is 2.94. The highest BCUT2D eigenvalue weighted by Crippen LogP contribution is 2.21. The number of amides is 2. The summed E-state index contributed by atoms with van der Waals surface area (Å²) in [6, 6.07) is 15.7. The Bertz CT molecular complexity index is 822. The lowest BCUT2D eigenvalue weighted by atomic mass is 10.1. The smallest absolute Gasteiger partial charge is 0.254 e. The Morgan fingerprint density at radius 2 is 1.61 bits per heavy atom. The van der Waals surface area contributed by atoms with Gasteiger partial charge in [-0.3, -0.25) is 9.59 Å². The van der Waals surface area contributed by atoms with Gasteiger partial charge in [0.15, 0.2) is 0 Å². The van der Waals surface area contributed by atoms with E-state index in [1.165, 1.54) is 0 Å². The summed E-state index contributed by atoms with van der Waals surface area (Å²) < 4.78 is 0. The van der Waals surface area contributed by atoms with Gasteiger partial charge in [-0.05, 0) is 48.7 Å². The summed E-state index contributed by atoms with van der Waals surface area (Å²) in [7, 11) is 0. The van der Waals surface area contributed by atoms with Gasteiger partial charge in [-0.25, -0.2) is 0 Å². The first kappa shape index (κ1) is 19.9. The van der Waals surface area contributed by atoms with Crippen molar-refractivity contribution >= 4 is 23.2 Å². The molecule has 5 nitrogen and oxygen atoms in total. The predicted molar refractivity (Wildman–Crippen MR) is 114 cm³/mol. The first-order valence-corrected chi connectivity index (χ1v) is 9.94. The van der Waals surface area contributed by atoms with Crippen LogP contribution in [0, 0.1) is 12.8 Å². The third-order valence-electron chi connectivity index (χ3n) is 5.05. The van der Waals surface area contributed by atoms with E-state index in [0.29, 0.717) is 25.4 Å². The van der Waals surface area contributed by atoms with Crippen LogP contribution < -0.4 is 10.2 Å². The van der Waals surface area contributed by atoms with Crippen molar-refractivity contribution in [3.05, 3.63) is 59.7 Å². The Hall–Kier alpha value is -2.82. The summed E-state index contributed by atoms with van der Waals surface area (Å²) in [5.41, 5.74) is 3.75. The molecule has 3 rings (SSSR count). The summed E-state index contributed by atoms with van der Waals surface area (Å²) in [6.07, 6.45) is 0.526. The third-order valence-corrected chi connectivity index (χ3v) is 5.05. The normalized spacial score (nSPS) is 14.3. The van der Waals surface area contributed by atoms with E-state index < -0.39 is 0 Å². The van der Waals surface area contributed by atoms with E-state index >= 15 is 0 Å². The molecule has 2 aromatic rings. The minimum atomic E-state index is 0.0473. The molecule has 1 aliphatic rings. The van der Waals surface area contributed by atoms with Gasteiger partial charge in [-0.2, -0.15) is 0 Å². The Morgan fingerprint density at radius 3 is 2.21 bits per heavy atom. The molecular formula is C23H29N3O2. The van der Waals surface area contributed by atoms with Crippen molar-refractivity contribution in [3.8, 4) is 0 Å². The van der Waals surface area contributed by atoms with Gasteiger partial charge < -0.3 is 15.1 Å². The lowest BCUT2D eigenvalue weighted by Gasteiger charge is -2.36. The predicted octanol–water partition coefficient (Wildman–Crippen LogP) is 3.94. The van der Waals surface area contributed by atoms with Crippen LogP contribution in [0.1, 0.15) is 36.2 Å². The van der Waals surface area contributed by atoms with E-state index in [9.17, 15) is 9.59 Å². The maximum atomic E-state index is 12.8. The Kier molecular flexibility index (Phi) is 6.34. The molecule has 0 atom stereocenters. The fourth-order valence-corrected chi connectivity index (χ4v) is 3.49. The van der Waals surface area contributed by atoms with Crippen LogP contribution in [0.5, 0.6) is 0 Å². The number of carbonyl (C=O) groups is 2. The molecule has 0 radical (unpaired) electrons. The van der Waals surface area contributed by atoms with Crippen LogP contribution in [0.3, 0.4) is 0 Å². The fourth-order valence-electron chi connectivity index (χ4n) is 3.49. The number of anilines is 2. The van der Waals surface area contributed by atoms with E-state index in [1.54, 1.807) is 0 Å². The van der Waals surface area contributed by atoms with Gasteiger partial charge in [0.25, 0.3) is 5.91 Å². The number of hydrogen-bond donors (Lipinski definition) is 1. The van der Waals surface area contributed by atoms with Crippen LogP contribution in [0.2, 0.25) is 0 Å². The number of hydrogen-bond acceptors (Lipinski definition) is 3. The van der Waals surface area contributed by atoms with Crippen molar-refractivity contribution in [2.24, 2.45) is 5.92 Å². The lowest BCUT2D eigenvalue weighted by molar-refractivity contribution is -0.116. The first-order chi connectivity index (χ1) is 13.4. The second kappa shape index (κ2) is 8.91. The topological polar surface area (TPSA) is 52.7 Å². The summed E-state index contributed by atoms with van der Waals surface area (Å²) in [6.45, 7) is 9.07. The zero-order chi connectivity index (χ0) is 20.1. The summed E-state index contributed by atoms with van der Waals surface area (Å²) in [4.78, 5) is 28.9. The molecule has 148 valence electrons. The van der Waals surface area contributed by atoms with Gasteiger partial charge in [-0.15, -0.1) is 0 Å². The minimum Gasteiger partial charge on any atom is -0.368 e. The molecule has 1 saturated heterocycles. The zero-order valence-electron chi connectivity index (χ0n) is 16.9. The fraction of sp³-hybridized carbons (Fsp3) is 0.391. The summed E-state index contributed by atoms with van der Waals surface area (Å²) in [5.74, 6) is 0.505. The molecule has 0 spiro atoms. The van der Waals surface area contributed by atoms with Crippen LogP contribution >= 0.6 is 0 Å². The number of rotatable bonds is 5. The maximum absolute atomic E-state index is 12.8. The standard InChI is InChI=1S/C23H29N3O2/c1-17(2)16-22(27)24-19-8-10-20(11-9-19)25-12-14-26(15-13-25)23(28)21-7-5-4-6-18(21)3/h4-11,17H,12-16H2,1-3H3,(H,24,27). The molecule has 1 aliphatic heterocycles. The van der Waals surface area contributed by atoms with E-state index in [-0.39, 0.29) is 11.8 Å². The van der Waals surface area contributed by atoms with E-state index in [0.717, 1.165) is 35.6 Å². The van der Waals surface area contributed by atoms with Crippen molar-refractivity contribution in [2.75, 3.05) is 36.4 Å². The van der Waals surface area contributed by atoms with Crippen molar-refractivity contribution in [1.82, 2.24) is 4.90 Å². The van der Waals surface area contributed by atoms with Gasteiger partial charge in [-0.1, -0.05) is 32.0 Å². The molecule has 0 unspecified atom stereocenters. The summed E-state index contributed by atoms with van der Waals surface area (Å²) >= 11 is 0. The quantitative estimate of drug-likeness (QED) is 0.856. The van der Waals surface area contributed by atoms with E-state index in [2.05, 4.69) is 10.2 Å². The highest BCUT2D eigenvalue weighted by Gasteiger charge is 2.23. The Morgan fingerprint density at radius 1 is 0.964 bits per heavy atom. The number of piperazine rings is 1. The molecule has 5 heteroatoms. The zero-order valence-corrected chi connectivity index (χ0v) is 16.9. The molecule has 28 heavy (non-hydrogen) atoms. The molecule has 0 aliphatic carbocycles. The SMILES string of the molecule is Cc1ccccc1C(=O)N1CCN(c2ccc(NC(=O)CC(C)C)cc2)CC1. The van der Waals surface area contributed by atoms with Gasteiger partial charge in [0.1, 0.15) is 0 Å². The average molecular weight is 380 g/mol. The Labute approximate surface area is 167 Å². The molecule has 2 aromatic carbocycles. The largest absolute Gasteiger partial charge is 0.368 e. The molecule has 0 aromatic heterocycles. The van der Waals surface area contributed by atoms with Gasteiger partial charge in [0.05, 0.1) is 0 Å². The molecule has 0 bridgehead atoms. The van der Waals surface area contributed by atoms with Crippen molar-refractivity contribution in [3.63, 3.8) is 0 Å². The number of nitrogens with zero attached hydrogens (tertiary/aromatic N) is 2. The average Bonchev–Trinajstić information content (AvgIpc) is 2.68. The van der Waals surface area contributed by atoms with Gasteiger partial charge >= 0.3 is 0 Å². The first-order valence-electron chi connectivity index (χ1n) is 9.94. The minimum absolute atomic E-state index is 0.0473. The highest BCUT2D eigenvalue weighted by atomic mass is 16.2. The monoisotopic (exact) mass is 379 g/mol. The Balaban J connectivity index is 1.55. The second-order valence-electron chi connectivity index (χ2n) is 7.79. The third kappa shape index (κ3) is 4.91. The van der Waals surface area contributed by atoms with Crippen LogP contribution in [-0.4, -0.2) is 42.9 Å². The van der Waals surface area contributed by atoms with E-state index in [4.69, 9.17) is 0 Å². The van der Waals surface area contributed by atoms with Crippen molar-refractivity contribution in [2.45, 2.75) is 27.2 Å². The van der Waals surface area contributed by atoms with E-state index in [1.807, 2.05) is 74.2 Å². The van der Waals surface area contributed by atoms with Crippen LogP contribution in [-0.2, 0) is 4.79 Å². The molecule has 1 N–H and O–H groups in total. The lowest BCUT2D eigenvalue weighted by Crippen LogP contribution is -2.48. The highest BCUT2D eigenvalue weighted by molar-refractivity contribution is 5.95. The molecule has 0 saturated carbocycles. The molecule has 2 amide bonds. The van der Waals surface area contributed by atoms with Crippen LogP contribution in [0.4, 0.5) is 11.4 Å².